The van der Waals surface area contributed by atoms with Gasteiger partial charge in [0.05, 0.1) is 11.3 Å². The summed E-state index contributed by atoms with van der Waals surface area (Å²) in [6, 6.07) is 7.84. The molecule has 1 aromatic carbocycles. The molecule has 1 saturated heterocycles. The smallest absolute Gasteiger partial charge is 0.269 e. The summed E-state index contributed by atoms with van der Waals surface area (Å²) in [5.41, 5.74) is 0.801. The highest BCUT2D eigenvalue weighted by Crippen LogP contribution is 2.18. The lowest BCUT2D eigenvalue weighted by atomic mass is 10.1. The summed E-state index contributed by atoms with van der Waals surface area (Å²) in [5, 5.41) is 10.7. The second-order valence-corrected chi connectivity index (χ2v) is 6.24. The summed E-state index contributed by atoms with van der Waals surface area (Å²) in [4.78, 5) is 32.7. The van der Waals surface area contributed by atoms with Crippen LogP contribution in [0.4, 0.5) is 5.69 Å². The predicted octanol–water partition coefficient (Wildman–Crippen LogP) is 2.31. The van der Waals surface area contributed by atoms with Gasteiger partial charge in [-0.2, -0.15) is 4.98 Å². The molecule has 2 aromatic rings. The van der Waals surface area contributed by atoms with Gasteiger partial charge in [0.1, 0.15) is 11.9 Å². The van der Waals surface area contributed by atoms with Crippen molar-refractivity contribution in [3.8, 4) is 5.88 Å². The molecule has 0 atom stereocenters. The summed E-state index contributed by atoms with van der Waals surface area (Å²) in [7, 11) is 0. The van der Waals surface area contributed by atoms with Crippen molar-refractivity contribution in [3.05, 3.63) is 58.0 Å². The van der Waals surface area contributed by atoms with E-state index in [2.05, 4.69) is 9.97 Å². The van der Waals surface area contributed by atoms with Crippen molar-refractivity contribution in [2.75, 3.05) is 13.1 Å². The van der Waals surface area contributed by atoms with E-state index in [-0.39, 0.29) is 24.1 Å². The predicted molar refractivity (Wildman–Crippen MR) is 93.8 cm³/mol. The van der Waals surface area contributed by atoms with Gasteiger partial charge in [0, 0.05) is 50.3 Å². The molecule has 0 saturated carbocycles. The minimum Gasteiger partial charge on any atom is -0.474 e. The van der Waals surface area contributed by atoms with Gasteiger partial charge < -0.3 is 9.64 Å². The van der Waals surface area contributed by atoms with Crippen molar-refractivity contribution >= 4 is 11.6 Å². The van der Waals surface area contributed by atoms with E-state index in [1.165, 1.54) is 12.1 Å². The normalized spacial score (nSPS) is 14.9. The molecule has 0 spiro atoms. The van der Waals surface area contributed by atoms with E-state index in [1.54, 1.807) is 24.4 Å². The zero-order valence-electron chi connectivity index (χ0n) is 14.5. The molecule has 2 heterocycles. The van der Waals surface area contributed by atoms with Gasteiger partial charge in [0.2, 0.25) is 11.8 Å². The summed E-state index contributed by atoms with van der Waals surface area (Å²) < 4.78 is 5.87. The van der Waals surface area contributed by atoms with Gasteiger partial charge >= 0.3 is 0 Å². The van der Waals surface area contributed by atoms with E-state index in [1.807, 2.05) is 11.8 Å². The summed E-state index contributed by atoms with van der Waals surface area (Å²) in [6.45, 7) is 3.06. The van der Waals surface area contributed by atoms with Crippen LogP contribution in [0.3, 0.4) is 0 Å². The molecular formula is C18H20N4O4. The van der Waals surface area contributed by atoms with Crippen LogP contribution in [0, 0.1) is 17.0 Å². The Morgan fingerprint density at radius 1 is 1.27 bits per heavy atom. The number of aromatic nitrogens is 2. The first kappa shape index (κ1) is 17.8. The van der Waals surface area contributed by atoms with Crippen LogP contribution in [0.1, 0.15) is 24.2 Å². The zero-order chi connectivity index (χ0) is 18.5. The van der Waals surface area contributed by atoms with Crippen molar-refractivity contribution in [3.63, 3.8) is 0 Å². The molecule has 1 aliphatic rings. The van der Waals surface area contributed by atoms with Gasteiger partial charge in [-0.15, -0.1) is 0 Å². The van der Waals surface area contributed by atoms with Gasteiger partial charge in [-0.3, -0.25) is 14.9 Å². The Balaban J connectivity index is 1.49. The van der Waals surface area contributed by atoms with Crippen LogP contribution in [-0.4, -0.2) is 44.9 Å². The molecule has 1 aliphatic heterocycles. The number of aryl methyl sites for hydroxylation is 1. The minimum absolute atomic E-state index is 0.0233. The van der Waals surface area contributed by atoms with E-state index >= 15 is 0 Å². The fourth-order valence-electron chi connectivity index (χ4n) is 2.92. The molecular weight excluding hydrogens is 336 g/mol. The third-order valence-corrected chi connectivity index (χ3v) is 4.34. The second-order valence-electron chi connectivity index (χ2n) is 6.24. The SMILES string of the molecule is Cc1nccc(OC2CCN(C(=O)Cc3ccc([N+](=O)[O-])cc3)CC2)n1. The van der Waals surface area contributed by atoms with Gasteiger partial charge in [-0.1, -0.05) is 12.1 Å². The van der Waals surface area contributed by atoms with Crippen LogP contribution >= 0.6 is 0 Å². The number of amides is 1. The number of non-ortho nitro benzene ring substituents is 1. The Labute approximate surface area is 151 Å². The number of ether oxygens (including phenoxy) is 1. The van der Waals surface area contributed by atoms with Crippen LogP contribution in [0.25, 0.3) is 0 Å². The zero-order valence-corrected chi connectivity index (χ0v) is 14.5. The third kappa shape index (κ3) is 4.53. The minimum atomic E-state index is -0.449. The Morgan fingerprint density at radius 3 is 2.58 bits per heavy atom. The van der Waals surface area contributed by atoms with E-state index in [9.17, 15) is 14.9 Å². The number of carbonyl (C=O) groups excluding carboxylic acids is 1. The number of carbonyl (C=O) groups is 1. The Morgan fingerprint density at radius 2 is 1.96 bits per heavy atom. The number of benzene rings is 1. The molecule has 8 heteroatoms. The quantitative estimate of drug-likeness (QED) is 0.602. The van der Waals surface area contributed by atoms with E-state index in [0.717, 1.165) is 18.4 Å². The summed E-state index contributed by atoms with van der Waals surface area (Å²) in [5.74, 6) is 1.25. The molecule has 1 amide bonds. The summed E-state index contributed by atoms with van der Waals surface area (Å²) in [6.07, 6.45) is 3.44. The largest absolute Gasteiger partial charge is 0.474 e. The highest BCUT2D eigenvalue weighted by atomic mass is 16.6. The number of hydrogen-bond donors (Lipinski definition) is 0. The number of nitro groups is 1. The van der Waals surface area contributed by atoms with Crippen LogP contribution in [0.2, 0.25) is 0 Å². The number of likely N-dealkylation sites (tertiary alicyclic amines) is 1. The maximum Gasteiger partial charge on any atom is 0.269 e. The standard InChI is InChI=1S/C18H20N4O4/c1-13-19-9-6-17(20-13)26-16-7-10-21(11-8-16)18(23)12-14-2-4-15(5-3-14)22(24)25/h2-6,9,16H,7-8,10-12H2,1H3. The lowest BCUT2D eigenvalue weighted by molar-refractivity contribution is -0.384. The summed E-state index contributed by atoms with van der Waals surface area (Å²) >= 11 is 0. The maximum atomic E-state index is 12.4. The van der Waals surface area contributed by atoms with Crippen LogP contribution in [0.15, 0.2) is 36.5 Å². The van der Waals surface area contributed by atoms with Gasteiger partial charge in [-0.05, 0) is 12.5 Å². The van der Waals surface area contributed by atoms with Crippen molar-refractivity contribution in [1.82, 2.24) is 14.9 Å². The van der Waals surface area contributed by atoms with Crippen LogP contribution in [0.5, 0.6) is 5.88 Å². The van der Waals surface area contributed by atoms with Crippen molar-refractivity contribution < 1.29 is 14.5 Å². The molecule has 1 fully saturated rings. The second kappa shape index (κ2) is 7.90. The molecule has 3 rings (SSSR count). The number of nitrogens with zero attached hydrogens (tertiary/aromatic N) is 4. The van der Waals surface area contributed by atoms with Crippen molar-refractivity contribution in [2.24, 2.45) is 0 Å². The number of rotatable bonds is 5. The van der Waals surface area contributed by atoms with Crippen LogP contribution < -0.4 is 4.74 Å². The molecule has 0 N–H and O–H groups in total. The first-order valence-electron chi connectivity index (χ1n) is 8.48. The average molecular weight is 356 g/mol. The van der Waals surface area contributed by atoms with Gasteiger partial charge in [0.25, 0.3) is 5.69 Å². The van der Waals surface area contributed by atoms with Crippen LogP contribution in [-0.2, 0) is 11.2 Å². The fraction of sp³-hybridized carbons (Fsp3) is 0.389. The first-order chi connectivity index (χ1) is 12.5. The Bertz CT molecular complexity index is 786. The van der Waals surface area contributed by atoms with Gasteiger partial charge in [0.15, 0.2) is 0 Å². The third-order valence-electron chi connectivity index (χ3n) is 4.34. The highest BCUT2D eigenvalue weighted by molar-refractivity contribution is 5.79. The lowest BCUT2D eigenvalue weighted by Gasteiger charge is -2.32. The average Bonchev–Trinajstić information content (AvgIpc) is 2.63. The first-order valence-corrected chi connectivity index (χ1v) is 8.48. The molecule has 136 valence electrons. The molecule has 0 aliphatic carbocycles. The lowest BCUT2D eigenvalue weighted by Crippen LogP contribution is -2.42. The Kier molecular flexibility index (Phi) is 5.40. The highest BCUT2D eigenvalue weighted by Gasteiger charge is 2.24. The molecule has 8 nitrogen and oxygen atoms in total. The maximum absolute atomic E-state index is 12.4. The molecule has 0 bridgehead atoms. The fourth-order valence-corrected chi connectivity index (χ4v) is 2.92. The van der Waals surface area contributed by atoms with Crippen molar-refractivity contribution in [1.29, 1.82) is 0 Å². The molecule has 0 unspecified atom stereocenters. The number of hydrogen-bond acceptors (Lipinski definition) is 6. The van der Waals surface area contributed by atoms with Gasteiger partial charge in [-0.25, -0.2) is 4.98 Å². The monoisotopic (exact) mass is 356 g/mol. The topological polar surface area (TPSA) is 98.5 Å². The van der Waals surface area contributed by atoms with E-state index in [4.69, 9.17) is 4.74 Å². The Hall–Kier alpha value is -3.03. The number of nitro benzene ring substituents is 1. The molecule has 0 radical (unpaired) electrons. The molecule has 26 heavy (non-hydrogen) atoms. The van der Waals surface area contributed by atoms with E-state index in [0.29, 0.717) is 24.8 Å². The molecule has 1 aromatic heterocycles. The number of piperidine rings is 1. The van der Waals surface area contributed by atoms with E-state index < -0.39 is 4.92 Å². The van der Waals surface area contributed by atoms with Crippen molar-refractivity contribution in [2.45, 2.75) is 32.3 Å².